The summed E-state index contributed by atoms with van der Waals surface area (Å²) in [4.78, 5) is 18.1. The number of nitrogens with one attached hydrogen (secondary N) is 1. The molecule has 4 aromatic rings. The van der Waals surface area contributed by atoms with Gasteiger partial charge >= 0.3 is 0 Å². The maximum atomic E-state index is 13.4. The largest absolute Gasteiger partial charge is 0.463 e. The molecular formula is C21H22N6O4S. The van der Waals surface area contributed by atoms with Crippen LogP contribution in [0.1, 0.15) is 34.2 Å². The first kappa shape index (κ1) is 20.4. The van der Waals surface area contributed by atoms with Gasteiger partial charge in [-0.2, -0.15) is 10.2 Å². The number of amides is 1. The molecule has 0 aliphatic carbocycles. The maximum absolute atomic E-state index is 13.4. The fraction of sp³-hybridized carbons (Fsp3) is 0.333. The number of rotatable bonds is 4. The quantitative estimate of drug-likeness (QED) is 0.502. The molecule has 1 unspecified atom stereocenters. The van der Waals surface area contributed by atoms with Crippen LogP contribution < -0.4 is 5.32 Å². The first-order chi connectivity index (χ1) is 15.2. The average Bonchev–Trinajstić information content (AvgIpc) is 3.50. The van der Waals surface area contributed by atoms with Crippen LogP contribution >= 0.6 is 0 Å². The molecule has 0 bridgehead atoms. The van der Waals surface area contributed by atoms with Crippen LogP contribution in [0.4, 0.5) is 5.82 Å². The second-order valence-electron chi connectivity index (χ2n) is 8.07. The summed E-state index contributed by atoms with van der Waals surface area (Å²) in [6.07, 6.45) is 2.02. The highest BCUT2D eigenvalue weighted by atomic mass is 32.2. The molecule has 10 nitrogen and oxygen atoms in total. The van der Waals surface area contributed by atoms with Gasteiger partial charge in [-0.15, -0.1) is 0 Å². The lowest BCUT2D eigenvalue weighted by atomic mass is 10.1. The van der Waals surface area contributed by atoms with Gasteiger partial charge in [0.15, 0.2) is 21.2 Å². The van der Waals surface area contributed by atoms with Crippen molar-refractivity contribution in [2.75, 3.05) is 16.8 Å². The number of sulfone groups is 1. The third-order valence-corrected chi connectivity index (χ3v) is 7.39. The summed E-state index contributed by atoms with van der Waals surface area (Å²) in [5.41, 5.74) is 2.85. The van der Waals surface area contributed by atoms with E-state index < -0.39 is 9.84 Å². The molecule has 0 radical (unpaired) electrons. The molecule has 5 heterocycles. The third kappa shape index (κ3) is 3.48. The van der Waals surface area contributed by atoms with Crippen LogP contribution in [-0.2, 0) is 16.9 Å². The van der Waals surface area contributed by atoms with E-state index in [9.17, 15) is 13.2 Å². The van der Waals surface area contributed by atoms with Crippen molar-refractivity contribution >= 4 is 32.6 Å². The van der Waals surface area contributed by atoms with E-state index in [0.29, 0.717) is 51.7 Å². The molecule has 1 atom stereocenters. The lowest BCUT2D eigenvalue weighted by Crippen LogP contribution is -2.20. The van der Waals surface area contributed by atoms with Gasteiger partial charge in [0.25, 0.3) is 5.91 Å². The highest BCUT2D eigenvalue weighted by molar-refractivity contribution is 7.91. The summed E-state index contributed by atoms with van der Waals surface area (Å²) in [6, 6.07) is 6.65. The summed E-state index contributed by atoms with van der Waals surface area (Å²) in [5, 5.41) is 12.4. The number of hydrogen-bond acceptors (Lipinski definition) is 7. The highest BCUT2D eigenvalue weighted by Gasteiger charge is 2.31. The minimum atomic E-state index is -3.10. The van der Waals surface area contributed by atoms with E-state index >= 15 is 0 Å². The summed E-state index contributed by atoms with van der Waals surface area (Å²) in [7, 11) is -1.32. The molecule has 11 heteroatoms. The summed E-state index contributed by atoms with van der Waals surface area (Å²) in [6.45, 7) is 3.63. The summed E-state index contributed by atoms with van der Waals surface area (Å²) < 4.78 is 32.6. The van der Waals surface area contributed by atoms with Crippen LogP contribution in [0.5, 0.6) is 0 Å². The zero-order valence-electron chi connectivity index (χ0n) is 17.9. The third-order valence-electron chi connectivity index (χ3n) is 5.64. The second kappa shape index (κ2) is 7.30. The molecule has 166 valence electrons. The zero-order chi connectivity index (χ0) is 22.6. The van der Waals surface area contributed by atoms with Gasteiger partial charge in [-0.3, -0.25) is 9.48 Å². The molecule has 4 aromatic heterocycles. The van der Waals surface area contributed by atoms with Crippen molar-refractivity contribution in [3.05, 3.63) is 47.5 Å². The van der Waals surface area contributed by atoms with E-state index in [-0.39, 0.29) is 23.5 Å². The number of hydrogen-bond donors (Lipinski definition) is 1. The number of furan rings is 1. The first-order valence-electron chi connectivity index (χ1n) is 10.2. The SMILES string of the molecule is Cc1cc(NC(=O)c2cc(-c3ccco3)nc3c2c(C)nn3C)n(C2CCS(=O)(=O)C2)n1. The summed E-state index contributed by atoms with van der Waals surface area (Å²) in [5.74, 6) is 0.776. The van der Waals surface area contributed by atoms with E-state index in [1.54, 1.807) is 53.9 Å². The van der Waals surface area contributed by atoms with Crippen LogP contribution in [-0.4, -0.2) is 50.4 Å². The lowest BCUT2D eigenvalue weighted by Gasteiger charge is -2.14. The maximum Gasteiger partial charge on any atom is 0.257 e. The number of aromatic nitrogens is 5. The van der Waals surface area contributed by atoms with Crippen LogP contribution in [0.3, 0.4) is 0 Å². The molecule has 1 N–H and O–H groups in total. The van der Waals surface area contributed by atoms with Gasteiger partial charge in [-0.05, 0) is 38.5 Å². The van der Waals surface area contributed by atoms with Crippen molar-refractivity contribution in [2.24, 2.45) is 7.05 Å². The van der Waals surface area contributed by atoms with Crippen molar-refractivity contribution in [3.63, 3.8) is 0 Å². The first-order valence-corrected chi connectivity index (χ1v) is 12.0. The average molecular weight is 455 g/mol. The van der Waals surface area contributed by atoms with Gasteiger partial charge < -0.3 is 9.73 Å². The number of aryl methyl sites for hydroxylation is 3. The van der Waals surface area contributed by atoms with Gasteiger partial charge in [-0.25, -0.2) is 18.1 Å². The molecule has 0 saturated carbocycles. The molecule has 1 aliphatic heterocycles. The molecule has 1 amide bonds. The normalized spacial score (nSPS) is 17.8. The second-order valence-corrected chi connectivity index (χ2v) is 10.3. The Morgan fingerprint density at radius 1 is 1.25 bits per heavy atom. The molecule has 1 fully saturated rings. The Labute approximate surface area is 184 Å². The van der Waals surface area contributed by atoms with Crippen LogP contribution in [0.15, 0.2) is 34.9 Å². The molecule has 5 rings (SSSR count). The number of anilines is 1. The minimum Gasteiger partial charge on any atom is -0.463 e. The minimum absolute atomic E-state index is 0.0147. The predicted molar refractivity (Wildman–Crippen MR) is 118 cm³/mol. The molecular weight excluding hydrogens is 432 g/mol. The van der Waals surface area contributed by atoms with Crippen LogP contribution in [0.25, 0.3) is 22.5 Å². The number of nitrogens with zero attached hydrogens (tertiary/aromatic N) is 5. The van der Waals surface area contributed by atoms with Gasteiger partial charge in [0.05, 0.1) is 46.1 Å². The number of carbonyl (C=O) groups excluding carboxylic acids is 1. The van der Waals surface area contributed by atoms with E-state index in [4.69, 9.17) is 4.42 Å². The van der Waals surface area contributed by atoms with E-state index in [1.807, 2.05) is 6.92 Å². The van der Waals surface area contributed by atoms with Crippen LogP contribution in [0, 0.1) is 13.8 Å². The topological polar surface area (TPSA) is 125 Å². The van der Waals surface area contributed by atoms with Crippen molar-refractivity contribution in [3.8, 4) is 11.5 Å². The number of pyridine rings is 1. The molecule has 0 spiro atoms. The van der Waals surface area contributed by atoms with Crippen molar-refractivity contribution in [1.82, 2.24) is 24.5 Å². The zero-order valence-corrected chi connectivity index (χ0v) is 18.7. The van der Waals surface area contributed by atoms with Gasteiger partial charge in [0.2, 0.25) is 0 Å². The van der Waals surface area contributed by atoms with Crippen molar-refractivity contribution in [1.29, 1.82) is 0 Å². The summed E-state index contributed by atoms with van der Waals surface area (Å²) >= 11 is 0. The van der Waals surface area contributed by atoms with Gasteiger partial charge in [-0.1, -0.05) is 0 Å². The molecule has 1 aliphatic rings. The van der Waals surface area contributed by atoms with Crippen molar-refractivity contribution < 1.29 is 17.6 Å². The Morgan fingerprint density at radius 3 is 2.75 bits per heavy atom. The van der Waals surface area contributed by atoms with E-state index in [1.165, 1.54) is 0 Å². The monoisotopic (exact) mass is 454 g/mol. The highest BCUT2D eigenvalue weighted by Crippen LogP contribution is 2.30. The smallest absolute Gasteiger partial charge is 0.257 e. The standard InChI is InChI=1S/C21H22N6O4S/c1-12-9-18(27(24-12)14-6-8-32(29,30)11-14)23-21(28)15-10-16(17-5-4-7-31-17)22-20-19(15)13(2)25-26(20)3/h4-5,7,9-10,14H,6,8,11H2,1-3H3,(H,23,28). The van der Waals surface area contributed by atoms with Crippen LogP contribution in [0.2, 0.25) is 0 Å². The Morgan fingerprint density at radius 2 is 2.06 bits per heavy atom. The molecule has 32 heavy (non-hydrogen) atoms. The van der Waals surface area contributed by atoms with Gasteiger partial charge in [0, 0.05) is 13.1 Å². The number of carbonyl (C=O) groups is 1. The fourth-order valence-corrected chi connectivity index (χ4v) is 5.91. The number of fused-ring (bicyclic) bond motifs is 1. The van der Waals surface area contributed by atoms with Crippen molar-refractivity contribution in [2.45, 2.75) is 26.3 Å². The Hall–Kier alpha value is -3.47. The van der Waals surface area contributed by atoms with E-state index in [2.05, 4.69) is 20.5 Å². The molecule has 1 saturated heterocycles. The fourth-order valence-electron chi connectivity index (χ4n) is 4.21. The predicted octanol–water partition coefficient (Wildman–Crippen LogP) is 2.65. The van der Waals surface area contributed by atoms with Gasteiger partial charge in [0.1, 0.15) is 11.5 Å². The van der Waals surface area contributed by atoms with E-state index in [0.717, 1.165) is 0 Å². The Balaban J connectivity index is 1.57. The Kier molecular flexibility index (Phi) is 4.66. The Bertz CT molecular complexity index is 1450. The lowest BCUT2D eigenvalue weighted by molar-refractivity contribution is 0.102. The molecule has 0 aromatic carbocycles.